The van der Waals surface area contributed by atoms with Gasteiger partial charge in [0.15, 0.2) is 6.04 Å². The van der Waals surface area contributed by atoms with Crippen LogP contribution >= 0.6 is 0 Å². The summed E-state index contributed by atoms with van der Waals surface area (Å²) < 4.78 is 16.2. The van der Waals surface area contributed by atoms with Crippen molar-refractivity contribution < 1.29 is 19.0 Å². The highest BCUT2D eigenvalue weighted by Crippen LogP contribution is 2.15. The van der Waals surface area contributed by atoms with Crippen LogP contribution in [0.5, 0.6) is 0 Å². The number of carbonyl (C=O) groups is 1. The molecule has 0 N–H and O–H groups in total. The first-order valence-electron chi connectivity index (χ1n) is 9.39. The molecule has 0 spiro atoms. The van der Waals surface area contributed by atoms with Gasteiger partial charge < -0.3 is 14.2 Å². The first kappa shape index (κ1) is 21.8. The lowest BCUT2D eigenvalue weighted by atomic mass is 10.0. The maximum absolute atomic E-state index is 12.8. The first-order chi connectivity index (χ1) is 13.4. The molecule has 5 nitrogen and oxygen atoms in total. The summed E-state index contributed by atoms with van der Waals surface area (Å²) in [7, 11) is 1.61. The minimum absolute atomic E-state index is 0.126. The highest BCUT2D eigenvalue weighted by molar-refractivity contribution is 6.13. The zero-order valence-electron chi connectivity index (χ0n) is 17.1. The van der Waals surface area contributed by atoms with Gasteiger partial charge >= 0.3 is 5.97 Å². The molecule has 150 valence electrons. The van der Waals surface area contributed by atoms with Crippen LogP contribution < -0.4 is 0 Å². The van der Waals surface area contributed by atoms with Crippen molar-refractivity contribution in [2.75, 3.05) is 26.9 Å². The maximum Gasteiger partial charge on any atom is 0.333 e. The topological polar surface area (TPSA) is 57.1 Å². The van der Waals surface area contributed by atoms with E-state index in [9.17, 15) is 4.79 Å². The standard InChI is InChI=1S/C23H29NO4/c1-23(2,3)28-22(25)20(17-27-16-15-26-4)24-21(18-11-7-5-8-12-18)19-13-9-6-10-14-19/h5-14,20H,15-17H2,1-4H3. The molecule has 0 aliphatic rings. The fourth-order valence-electron chi connectivity index (χ4n) is 2.53. The van der Waals surface area contributed by atoms with E-state index < -0.39 is 17.6 Å². The summed E-state index contributed by atoms with van der Waals surface area (Å²) in [6.45, 7) is 6.49. The van der Waals surface area contributed by atoms with Crippen molar-refractivity contribution in [2.24, 2.45) is 4.99 Å². The number of rotatable bonds is 9. The van der Waals surface area contributed by atoms with Gasteiger partial charge in [0.1, 0.15) is 5.60 Å². The van der Waals surface area contributed by atoms with Gasteiger partial charge in [-0.15, -0.1) is 0 Å². The molecular weight excluding hydrogens is 354 g/mol. The number of hydrogen-bond acceptors (Lipinski definition) is 5. The SMILES string of the molecule is COCCOCC(N=C(c1ccccc1)c1ccccc1)C(=O)OC(C)(C)C. The normalized spacial score (nSPS) is 12.3. The molecule has 0 bridgehead atoms. The molecule has 0 saturated carbocycles. The van der Waals surface area contributed by atoms with E-state index in [4.69, 9.17) is 19.2 Å². The molecule has 0 aliphatic heterocycles. The Hall–Kier alpha value is -2.50. The van der Waals surface area contributed by atoms with E-state index in [2.05, 4.69) is 0 Å². The molecule has 0 radical (unpaired) electrons. The number of benzene rings is 2. The minimum atomic E-state index is -0.772. The molecule has 0 aromatic heterocycles. The summed E-state index contributed by atoms with van der Waals surface area (Å²) in [6.07, 6.45) is 0. The highest BCUT2D eigenvalue weighted by atomic mass is 16.6. The van der Waals surface area contributed by atoms with Crippen LogP contribution in [0.15, 0.2) is 65.7 Å². The van der Waals surface area contributed by atoms with E-state index in [1.165, 1.54) is 0 Å². The molecule has 0 saturated heterocycles. The van der Waals surface area contributed by atoms with Gasteiger partial charge in [0, 0.05) is 18.2 Å². The number of nitrogens with zero attached hydrogens (tertiary/aromatic N) is 1. The number of carbonyl (C=O) groups excluding carboxylic acids is 1. The van der Waals surface area contributed by atoms with Gasteiger partial charge in [-0.3, -0.25) is 4.99 Å². The monoisotopic (exact) mass is 383 g/mol. The Morgan fingerprint density at radius 3 is 1.93 bits per heavy atom. The fraction of sp³-hybridized carbons (Fsp3) is 0.391. The number of ether oxygens (including phenoxy) is 3. The summed E-state index contributed by atoms with van der Waals surface area (Å²) in [5, 5.41) is 0. The van der Waals surface area contributed by atoms with Gasteiger partial charge in [0.25, 0.3) is 0 Å². The molecule has 0 amide bonds. The van der Waals surface area contributed by atoms with E-state index in [-0.39, 0.29) is 6.61 Å². The number of hydrogen-bond donors (Lipinski definition) is 0. The average Bonchev–Trinajstić information content (AvgIpc) is 2.67. The van der Waals surface area contributed by atoms with Crippen molar-refractivity contribution in [3.8, 4) is 0 Å². The summed E-state index contributed by atoms with van der Waals surface area (Å²) >= 11 is 0. The first-order valence-corrected chi connectivity index (χ1v) is 9.39. The third kappa shape index (κ3) is 7.25. The third-order valence-electron chi connectivity index (χ3n) is 3.77. The molecule has 1 atom stereocenters. The van der Waals surface area contributed by atoms with Crippen molar-refractivity contribution in [3.05, 3.63) is 71.8 Å². The molecule has 5 heteroatoms. The Labute approximate surface area is 167 Å². The van der Waals surface area contributed by atoms with Crippen molar-refractivity contribution in [3.63, 3.8) is 0 Å². The Bertz CT molecular complexity index is 710. The predicted octanol–water partition coefficient (Wildman–Crippen LogP) is 3.90. The Morgan fingerprint density at radius 2 is 1.46 bits per heavy atom. The molecule has 2 aromatic carbocycles. The smallest absolute Gasteiger partial charge is 0.333 e. The van der Waals surface area contributed by atoms with Gasteiger partial charge in [-0.25, -0.2) is 4.79 Å². The van der Waals surface area contributed by atoms with Crippen LogP contribution in [0.1, 0.15) is 31.9 Å². The van der Waals surface area contributed by atoms with Crippen molar-refractivity contribution in [1.29, 1.82) is 0 Å². The predicted molar refractivity (Wildman–Crippen MR) is 111 cm³/mol. The summed E-state index contributed by atoms with van der Waals surface area (Å²) in [5.74, 6) is -0.408. The van der Waals surface area contributed by atoms with Gasteiger partial charge in [-0.1, -0.05) is 60.7 Å². The molecule has 0 aliphatic carbocycles. The summed E-state index contributed by atoms with van der Waals surface area (Å²) in [5.41, 5.74) is 1.99. The molecule has 28 heavy (non-hydrogen) atoms. The second-order valence-electron chi connectivity index (χ2n) is 7.33. The summed E-state index contributed by atoms with van der Waals surface area (Å²) in [4.78, 5) is 17.6. The zero-order valence-corrected chi connectivity index (χ0v) is 17.1. The van der Waals surface area contributed by atoms with E-state index in [0.29, 0.717) is 13.2 Å². The van der Waals surface area contributed by atoms with Gasteiger partial charge in [-0.05, 0) is 20.8 Å². The van der Waals surface area contributed by atoms with Crippen LogP contribution in [0.2, 0.25) is 0 Å². The van der Waals surface area contributed by atoms with Crippen molar-refractivity contribution in [2.45, 2.75) is 32.4 Å². The van der Waals surface area contributed by atoms with Crippen LogP contribution in [-0.4, -0.2) is 50.3 Å². The fourth-order valence-corrected chi connectivity index (χ4v) is 2.53. The van der Waals surface area contributed by atoms with Crippen LogP contribution in [0.3, 0.4) is 0 Å². The van der Waals surface area contributed by atoms with Gasteiger partial charge in [-0.2, -0.15) is 0 Å². The van der Waals surface area contributed by atoms with Crippen LogP contribution in [0.4, 0.5) is 0 Å². The third-order valence-corrected chi connectivity index (χ3v) is 3.77. The number of esters is 1. The lowest BCUT2D eigenvalue weighted by Gasteiger charge is -2.23. The quantitative estimate of drug-likeness (QED) is 0.374. The van der Waals surface area contributed by atoms with Crippen LogP contribution in [0, 0.1) is 0 Å². The average molecular weight is 383 g/mol. The largest absolute Gasteiger partial charge is 0.458 e. The van der Waals surface area contributed by atoms with Crippen molar-refractivity contribution in [1.82, 2.24) is 0 Å². The zero-order chi connectivity index (χ0) is 20.4. The maximum atomic E-state index is 12.8. The van der Waals surface area contributed by atoms with Gasteiger partial charge in [0.05, 0.1) is 25.5 Å². The van der Waals surface area contributed by atoms with E-state index in [1.807, 2.05) is 81.4 Å². The lowest BCUT2D eigenvalue weighted by Crippen LogP contribution is -2.34. The molecule has 0 fully saturated rings. The second kappa shape index (κ2) is 10.7. The Morgan fingerprint density at radius 1 is 0.929 bits per heavy atom. The minimum Gasteiger partial charge on any atom is -0.458 e. The van der Waals surface area contributed by atoms with E-state index in [0.717, 1.165) is 16.8 Å². The van der Waals surface area contributed by atoms with Crippen molar-refractivity contribution >= 4 is 11.7 Å². The van der Waals surface area contributed by atoms with E-state index >= 15 is 0 Å². The highest BCUT2D eigenvalue weighted by Gasteiger charge is 2.26. The molecule has 1 unspecified atom stereocenters. The Balaban J connectivity index is 2.37. The molecule has 2 rings (SSSR count). The summed E-state index contributed by atoms with van der Waals surface area (Å²) in [6, 6.07) is 18.8. The Kier molecular flexibility index (Phi) is 8.36. The number of methoxy groups -OCH3 is 1. The second-order valence-corrected chi connectivity index (χ2v) is 7.33. The van der Waals surface area contributed by atoms with Gasteiger partial charge in [0.2, 0.25) is 0 Å². The van der Waals surface area contributed by atoms with Crippen LogP contribution in [0.25, 0.3) is 0 Å². The van der Waals surface area contributed by atoms with E-state index in [1.54, 1.807) is 7.11 Å². The van der Waals surface area contributed by atoms with Crippen LogP contribution in [-0.2, 0) is 19.0 Å². The lowest BCUT2D eigenvalue weighted by molar-refractivity contribution is -0.157. The molecular formula is C23H29NO4. The number of aliphatic imine (C=N–C) groups is 1. The molecule has 2 aromatic rings. The molecule has 0 heterocycles.